The van der Waals surface area contributed by atoms with Crippen LogP contribution in [0.25, 0.3) is 0 Å². The second-order valence-corrected chi connectivity index (χ2v) is 17.7. The Bertz CT molecular complexity index is 1100. The molecule has 6 heteroatoms. The lowest BCUT2D eigenvalue weighted by Gasteiger charge is -2.39. The lowest BCUT2D eigenvalue weighted by molar-refractivity contribution is -0.165. The average Bonchev–Trinajstić information content (AvgIpc) is 2.98. The van der Waals surface area contributed by atoms with E-state index in [-0.39, 0.29) is 18.3 Å². The van der Waals surface area contributed by atoms with E-state index in [0.717, 1.165) is 24.0 Å². The summed E-state index contributed by atoms with van der Waals surface area (Å²) in [7, 11) is -2.31. The van der Waals surface area contributed by atoms with Crippen molar-refractivity contribution in [2.24, 2.45) is 17.8 Å². The maximum Gasteiger partial charge on any atom is 0.321 e. The molecule has 0 saturated heterocycles. The van der Waals surface area contributed by atoms with Crippen molar-refractivity contribution in [2.75, 3.05) is 0 Å². The van der Waals surface area contributed by atoms with Crippen molar-refractivity contribution in [1.82, 2.24) is 0 Å². The van der Waals surface area contributed by atoms with Crippen LogP contribution in [0.1, 0.15) is 76.8 Å². The van der Waals surface area contributed by atoms with Crippen LogP contribution in [0.3, 0.4) is 0 Å². The van der Waals surface area contributed by atoms with E-state index in [1.165, 1.54) is 32.1 Å². The fourth-order valence-electron chi connectivity index (χ4n) is 5.07. The number of allylic oxidation sites excluding steroid dienone is 2. The normalized spacial score (nSPS) is 15.6. The van der Waals surface area contributed by atoms with Gasteiger partial charge in [0.05, 0.1) is 11.7 Å². The van der Waals surface area contributed by atoms with Crippen molar-refractivity contribution in [3.05, 3.63) is 96.3 Å². The summed E-state index contributed by atoms with van der Waals surface area (Å²) in [5.41, 5.74) is 1.69. The molecule has 1 aliphatic carbocycles. The van der Waals surface area contributed by atoms with Crippen LogP contribution in [-0.4, -0.2) is 20.3 Å². The lowest BCUT2D eigenvalue weighted by atomic mass is 9.85. The Morgan fingerprint density at radius 1 is 0.881 bits per heavy atom. The SMILES string of the molecule is C=C[C@H](/C(=C/CCC1CCCCC1)O[Si](C)(C)C(C)(C)C)C(C(=O)OCc1ccccc1)C(=O)OCc1ccccc1. The third-order valence-electron chi connectivity index (χ3n) is 8.72. The maximum absolute atomic E-state index is 13.7. The van der Waals surface area contributed by atoms with E-state index in [4.69, 9.17) is 13.9 Å². The third kappa shape index (κ3) is 10.0. The second kappa shape index (κ2) is 15.9. The van der Waals surface area contributed by atoms with Gasteiger partial charge in [0, 0.05) is 0 Å². The fraction of sp³-hybridized carbons (Fsp3) is 0.500. The predicted molar refractivity (Wildman–Crippen MR) is 172 cm³/mol. The van der Waals surface area contributed by atoms with Gasteiger partial charge in [-0.15, -0.1) is 6.58 Å². The first-order valence-electron chi connectivity index (χ1n) is 15.4. The van der Waals surface area contributed by atoms with E-state index in [9.17, 15) is 9.59 Å². The molecular formula is C36H50O5Si. The summed E-state index contributed by atoms with van der Waals surface area (Å²) < 4.78 is 18.3. The molecule has 1 aliphatic rings. The van der Waals surface area contributed by atoms with Gasteiger partial charge in [0.25, 0.3) is 0 Å². The number of hydrogen-bond acceptors (Lipinski definition) is 5. The molecule has 1 atom stereocenters. The molecule has 0 aliphatic heterocycles. The molecule has 228 valence electrons. The molecule has 0 spiro atoms. The Kier molecular flexibility index (Phi) is 12.7. The Hall–Kier alpha value is -3.12. The molecule has 42 heavy (non-hydrogen) atoms. The maximum atomic E-state index is 13.7. The molecule has 0 aromatic heterocycles. The zero-order chi connectivity index (χ0) is 30.6. The molecule has 1 saturated carbocycles. The molecule has 1 fully saturated rings. The molecule has 0 radical (unpaired) electrons. The molecule has 3 rings (SSSR count). The van der Waals surface area contributed by atoms with Gasteiger partial charge in [-0.25, -0.2) is 0 Å². The zero-order valence-electron chi connectivity index (χ0n) is 26.3. The van der Waals surface area contributed by atoms with Gasteiger partial charge < -0.3 is 13.9 Å². The first-order valence-corrected chi connectivity index (χ1v) is 18.4. The van der Waals surface area contributed by atoms with E-state index in [1.807, 2.05) is 60.7 Å². The van der Waals surface area contributed by atoms with E-state index < -0.39 is 32.1 Å². The number of carbonyl (C=O) groups is 2. The minimum Gasteiger partial charge on any atom is -0.546 e. The third-order valence-corrected chi connectivity index (χ3v) is 13.1. The summed E-state index contributed by atoms with van der Waals surface area (Å²) >= 11 is 0. The smallest absolute Gasteiger partial charge is 0.321 e. The van der Waals surface area contributed by atoms with Gasteiger partial charge in [-0.2, -0.15) is 0 Å². The first kappa shape index (κ1) is 33.4. The highest BCUT2D eigenvalue weighted by atomic mass is 28.4. The van der Waals surface area contributed by atoms with Crippen LogP contribution >= 0.6 is 0 Å². The highest BCUT2D eigenvalue weighted by molar-refractivity contribution is 6.74. The van der Waals surface area contributed by atoms with Gasteiger partial charge in [0.2, 0.25) is 8.32 Å². The number of esters is 2. The Labute approximate surface area is 254 Å². The van der Waals surface area contributed by atoms with Crippen LogP contribution in [0.5, 0.6) is 0 Å². The molecule has 0 N–H and O–H groups in total. The quantitative estimate of drug-likeness (QED) is 0.0722. The topological polar surface area (TPSA) is 61.8 Å². The van der Waals surface area contributed by atoms with Gasteiger partial charge in [0.1, 0.15) is 13.2 Å². The average molecular weight is 591 g/mol. The molecule has 2 aromatic carbocycles. The number of benzene rings is 2. The molecule has 0 bridgehead atoms. The van der Waals surface area contributed by atoms with E-state index >= 15 is 0 Å². The standard InChI is InChI=1S/C36H50O5Si/c1-7-31(32(41-42(5,6)36(2,3)4)25-17-24-28-18-11-8-12-19-28)33(34(37)39-26-29-20-13-9-14-21-29)35(38)40-27-30-22-15-10-16-23-30/h7,9-10,13-16,20-23,25,28,31,33H,1,8,11-12,17-19,24,26-27H2,2-6H3/b32-25-/t31-/m1/s1. The molecule has 0 unspecified atom stereocenters. The van der Waals surface area contributed by atoms with Gasteiger partial charge in [-0.05, 0) is 54.1 Å². The van der Waals surface area contributed by atoms with E-state index in [1.54, 1.807) is 6.08 Å². The number of hydrogen-bond donors (Lipinski definition) is 0. The van der Waals surface area contributed by atoms with Crippen molar-refractivity contribution in [3.8, 4) is 0 Å². The van der Waals surface area contributed by atoms with Crippen molar-refractivity contribution < 1.29 is 23.5 Å². The van der Waals surface area contributed by atoms with Gasteiger partial charge in [-0.1, -0.05) is 120 Å². The highest BCUT2D eigenvalue weighted by Crippen LogP contribution is 2.41. The Morgan fingerprint density at radius 3 is 1.83 bits per heavy atom. The second-order valence-electron chi connectivity index (χ2n) is 13.0. The van der Waals surface area contributed by atoms with Crippen LogP contribution in [0.15, 0.2) is 85.2 Å². The first-order chi connectivity index (χ1) is 20.0. The summed E-state index contributed by atoms with van der Waals surface area (Å²) in [5, 5.41) is -0.0711. The Morgan fingerprint density at radius 2 is 1.38 bits per heavy atom. The van der Waals surface area contributed by atoms with Crippen LogP contribution < -0.4 is 0 Å². The number of rotatable bonds is 14. The summed E-state index contributed by atoms with van der Waals surface area (Å²) in [6.45, 7) is 15.1. The summed E-state index contributed by atoms with van der Waals surface area (Å²) in [6.07, 6.45) is 12.1. The zero-order valence-corrected chi connectivity index (χ0v) is 27.3. The molecule has 5 nitrogen and oxygen atoms in total. The van der Waals surface area contributed by atoms with Crippen LogP contribution in [0, 0.1) is 17.8 Å². The predicted octanol–water partition coefficient (Wildman–Crippen LogP) is 9.16. The van der Waals surface area contributed by atoms with Gasteiger partial charge in [0.15, 0.2) is 5.92 Å². The van der Waals surface area contributed by atoms with E-state index in [2.05, 4.69) is 46.5 Å². The van der Waals surface area contributed by atoms with E-state index in [0.29, 0.717) is 11.7 Å². The van der Waals surface area contributed by atoms with Gasteiger partial charge >= 0.3 is 11.9 Å². The molecular weight excluding hydrogens is 540 g/mol. The Balaban J connectivity index is 1.91. The van der Waals surface area contributed by atoms with Crippen molar-refractivity contribution in [3.63, 3.8) is 0 Å². The van der Waals surface area contributed by atoms with Crippen molar-refractivity contribution in [1.29, 1.82) is 0 Å². The number of ether oxygens (including phenoxy) is 2. The minimum absolute atomic E-state index is 0.0653. The van der Waals surface area contributed by atoms with Crippen molar-refractivity contribution >= 4 is 20.3 Å². The lowest BCUT2D eigenvalue weighted by Crippen LogP contribution is -2.43. The molecule has 0 amide bonds. The highest BCUT2D eigenvalue weighted by Gasteiger charge is 2.44. The van der Waals surface area contributed by atoms with Crippen LogP contribution in [0.2, 0.25) is 18.1 Å². The monoisotopic (exact) mass is 590 g/mol. The summed E-state index contributed by atoms with van der Waals surface area (Å²) in [5.74, 6) is -1.89. The van der Waals surface area contributed by atoms with Crippen molar-refractivity contribution in [2.45, 2.75) is 97.1 Å². The molecule has 2 aromatic rings. The summed E-state index contributed by atoms with van der Waals surface area (Å²) in [6, 6.07) is 18.9. The minimum atomic E-state index is -2.31. The van der Waals surface area contributed by atoms with Gasteiger partial charge in [-0.3, -0.25) is 9.59 Å². The van der Waals surface area contributed by atoms with Crippen LogP contribution in [-0.2, 0) is 36.7 Å². The summed E-state index contributed by atoms with van der Waals surface area (Å²) in [4.78, 5) is 27.4. The molecule has 0 heterocycles. The largest absolute Gasteiger partial charge is 0.546 e. The number of carbonyl (C=O) groups excluding carboxylic acids is 2. The van der Waals surface area contributed by atoms with Crippen LogP contribution in [0.4, 0.5) is 0 Å². The fourth-order valence-corrected chi connectivity index (χ4v) is 6.19.